The normalized spacial score (nSPS) is 15.6. The molecule has 3 heterocycles. The van der Waals surface area contributed by atoms with Crippen molar-refractivity contribution in [3.63, 3.8) is 0 Å². The van der Waals surface area contributed by atoms with Crippen molar-refractivity contribution in [2.24, 2.45) is 9.98 Å². The Morgan fingerprint density at radius 3 is 2.51 bits per heavy atom. The van der Waals surface area contributed by atoms with Crippen molar-refractivity contribution >= 4 is 22.2 Å². The van der Waals surface area contributed by atoms with Gasteiger partial charge in [-0.2, -0.15) is 5.26 Å². The van der Waals surface area contributed by atoms with Crippen molar-refractivity contribution in [1.82, 2.24) is 9.88 Å². The lowest BCUT2D eigenvalue weighted by Crippen LogP contribution is -2.38. The number of nitrogens with one attached hydrogen (secondary N) is 2. The van der Waals surface area contributed by atoms with Crippen LogP contribution in [0.3, 0.4) is 0 Å². The zero-order valence-corrected chi connectivity index (χ0v) is 20.7. The van der Waals surface area contributed by atoms with Crippen LogP contribution in [0.2, 0.25) is 0 Å². The summed E-state index contributed by atoms with van der Waals surface area (Å²) in [6.45, 7) is 5.50. The predicted molar refractivity (Wildman–Crippen MR) is 145 cm³/mol. The van der Waals surface area contributed by atoms with E-state index >= 15 is 0 Å². The molecule has 0 aliphatic carbocycles. The monoisotopic (exact) mass is 488 g/mol. The van der Waals surface area contributed by atoms with Crippen LogP contribution in [0, 0.1) is 11.3 Å². The third-order valence-electron chi connectivity index (χ3n) is 7.27. The molecule has 2 aliphatic rings. The molecule has 7 heteroatoms. The molecular formula is C30H28N6O. The van der Waals surface area contributed by atoms with Gasteiger partial charge in [0.25, 0.3) is 0 Å². The van der Waals surface area contributed by atoms with E-state index in [-0.39, 0.29) is 5.88 Å². The van der Waals surface area contributed by atoms with Crippen LogP contribution < -0.4 is 16.0 Å². The predicted octanol–water partition coefficient (Wildman–Crippen LogP) is 4.31. The summed E-state index contributed by atoms with van der Waals surface area (Å²) in [6.07, 6.45) is 2.20. The van der Waals surface area contributed by atoms with Gasteiger partial charge in [-0.1, -0.05) is 31.2 Å². The zero-order valence-electron chi connectivity index (χ0n) is 20.7. The average Bonchev–Trinajstić information content (AvgIpc) is 3.50. The molecule has 6 rings (SSSR count). The highest BCUT2D eigenvalue weighted by Gasteiger charge is 2.23. The lowest BCUT2D eigenvalue weighted by atomic mass is 9.95. The van der Waals surface area contributed by atoms with Crippen LogP contribution in [0.15, 0.2) is 82.5 Å². The van der Waals surface area contributed by atoms with Gasteiger partial charge in [-0.15, -0.1) is 0 Å². The highest BCUT2D eigenvalue weighted by Crippen LogP contribution is 2.40. The molecule has 2 aliphatic heterocycles. The molecule has 0 atom stereocenters. The van der Waals surface area contributed by atoms with E-state index in [2.05, 4.69) is 40.3 Å². The van der Waals surface area contributed by atoms with E-state index in [1.54, 1.807) is 6.07 Å². The molecule has 1 aromatic heterocycles. The van der Waals surface area contributed by atoms with E-state index in [4.69, 9.17) is 9.98 Å². The van der Waals surface area contributed by atoms with E-state index in [1.165, 1.54) is 0 Å². The van der Waals surface area contributed by atoms with Gasteiger partial charge in [0.05, 0.1) is 27.9 Å². The number of nitrogens with zero attached hydrogens (tertiary/aromatic N) is 4. The molecule has 0 saturated carbocycles. The highest BCUT2D eigenvalue weighted by molar-refractivity contribution is 6.01. The largest absolute Gasteiger partial charge is 0.494 e. The summed E-state index contributed by atoms with van der Waals surface area (Å²) in [5.74, 6) is 0.562. The summed E-state index contributed by atoms with van der Waals surface area (Å²) in [5.41, 5.74) is 4.46. The second-order valence-corrected chi connectivity index (χ2v) is 9.57. The number of aromatic nitrogens is 1. The van der Waals surface area contributed by atoms with Crippen molar-refractivity contribution in [2.45, 2.75) is 25.8 Å². The summed E-state index contributed by atoms with van der Waals surface area (Å²) in [7, 11) is 0. The fraction of sp³-hybridized carbons (Fsp3) is 0.233. The van der Waals surface area contributed by atoms with Gasteiger partial charge in [0, 0.05) is 41.3 Å². The first-order valence-corrected chi connectivity index (χ1v) is 12.7. The number of aromatic hydroxyl groups is 1. The van der Waals surface area contributed by atoms with Gasteiger partial charge in [0.2, 0.25) is 0 Å². The molecule has 37 heavy (non-hydrogen) atoms. The molecule has 1 fully saturated rings. The molecule has 0 bridgehead atoms. The van der Waals surface area contributed by atoms with Crippen LogP contribution in [-0.2, 0) is 0 Å². The van der Waals surface area contributed by atoms with E-state index in [1.807, 2.05) is 48.5 Å². The highest BCUT2D eigenvalue weighted by atomic mass is 16.3. The maximum absolute atomic E-state index is 11.2. The zero-order chi connectivity index (χ0) is 25.4. The number of hydrogen-bond acceptors (Lipinski definition) is 6. The first-order chi connectivity index (χ1) is 18.1. The Labute approximate surface area is 215 Å². The second kappa shape index (κ2) is 9.57. The number of nitriles is 1. The Morgan fingerprint density at radius 1 is 1.05 bits per heavy atom. The summed E-state index contributed by atoms with van der Waals surface area (Å²) >= 11 is 0. The van der Waals surface area contributed by atoms with Crippen molar-refractivity contribution in [3.05, 3.63) is 100.0 Å². The van der Waals surface area contributed by atoms with E-state index in [0.717, 1.165) is 65.3 Å². The fourth-order valence-corrected chi connectivity index (χ4v) is 5.30. The molecule has 0 spiro atoms. The second-order valence-electron chi connectivity index (χ2n) is 9.57. The maximum atomic E-state index is 11.2. The number of rotatable bonds is 5. The molecular weight excluding hydrogens is 460 g/mol. The minimum Gasteiger partial charge on any atom is -0.494 e. The molecule has 7 nitrogen and oxygen atoms in total. The summed E-state index contributed by atoms with van der Waals surface area (Å²) < 4.78 is 0. The lowest BCUT2D eigenvalue weighted by molar-refractivity contribution is 0.229. The van der Waals surface area contributed by atoms with Gasteiger partial charge in [-0.05, 0) is 67.4 Å². The standard InChI is InChI=1S/C30H28N6O/c1-2-36-14-12-21(13-15-36)32-22-10-11-24-23(17-22)28(30(37)35-24)27(20-7-5-6-19(16-20)18-31)29-33-25-8-3-4-9-26(25)34-29/h3-11,16-17,21,32,35,37H,2,12-15H2,1H3. The molecule has 0 amide bonds. The van der Waals surface area contributed by atoms with Gasteiger partial charge in [-0.25, -0.2) is 9.98 Å². The Bertz CT molecular complexity index is 1650. The number of likely N-dealkylation sites (tertiary alicyclic amines) is 1. The summed E-state index contributed by atoms with van der Waals surface area (Å²) in [6, 6.07) is 23.8. The number of fused-ring (bicyclic) bond motifs is 2. The minimum absolute atomic E-state index is 0.0506. The Balaban J connectivity index is 1.49. The van der Waals surface area contributed by atoms with Crippen LogP contribution >= 0.6 is 0 Å². The quantitative estimate of drug-likeness (QED) is 0.390. The number of anilines is 1. The molecule has 3 N–H and O–H groups in total. The van der Waals surface area contributed by atoms with Crippen molar-refractivity contribution in [1.29, 1.82) is 5.26 Å². The van der Waals surface area contributed by atoms with Crippen LogP contribution in [-0.4, -0.2) is 40.7 Å². The van der Waals surface area contributed by atoms with E-state index in [9.17, 15) is 10.4 Å². The number of H-pyrrole nitrogens is 1. The van der Waals surface area contributed by atoms with Gasteiger partial charge >= 0.3 is 0 Å². The average molecular weight is 489 g/mol. The van der Waals surface area contributed by atoms with E-state index in [0.29, 0.717) is 28.6 Å². The fourth-order valence-electron chi connectivity index (χ4n) is 5.30. The van der Waals surface area contributed by atoms with Crippen LogP contribution in [0.5, 0.6) is 5.88 Å². The van der Waals surface area contributed by atoms with Crippen molar-refractivity contribution in [3.8, 4) is 11.9 Å². The number of aromatic amines is 1. The molecule has 0 unspecified atom stereocenters. The third-order valence-corrected chi connectivity index (χ3v) is 7.27. The van der Waals surface area contributed by atoms with Crippen LogP contribution in [0.25, 0.3) is 16.5 Å². The van der Waals surface area contributed by atoms with Gasteiger partial charge in [0.15, 0.2) is 11.7 Å². The summed E-state index contributed by atoms with van der Waals surface area (Å²) in [4.78, 5) is 15.2. The molecule has 3 aromatic carbocycles. The van der Waals surface area contributed by atoms with Crippen LogP contribution in [0.1, 0.15) is 36.5 Å². The topological polar surface area (TPSA) is 99.8 Å². The number of para-hydroxylation sites is 2. The Kier molecular flexibility index (Phi) is 5.95. The first kappa shape index (κ1) is 23.0. The molecule has 0 radical (unpaired) electrons. The maximum Gasteiger partial charge on any atom is 0.197 e. The minimum atomic E-state index is 0.0506. The smallest absolute Gasteiger partial charge is 0.197 e. The molecule has 184 valence electrons. The molecule has 4 aromatic rings. The van der Waals surface area contributed by atoms with Crippen LogP contribution in [0.4, 0.5) is 5.69 Å². The first-order valence-electron chi connectivity index (χ1n) is 12.7. The molecule has 1 saturated heterocycles. The SMILES string of the molecule is CCN1CCC(Nc2ccc3[nH]c(O)c(C(=C4N=c5ccccc5=N4)c4cccc(C#N)c4)c3c2)CC1. The van der Waals surface area contributed by atoms with E-state index < -0.39 is 0 Å². The van der Waals surface area contributed by atoms with Gasteiger partial charge in [-0.3, -0.25) is 0 Å². The van der Waals surface area contributed by atoms with Gasteiger partial charge < -0.3 is 20.3 Å². The number of benzene rings is 3. The Morgan fingerprint density at radius 2 is 1.81 bits per heavy atom. The van der Waals surface area contributed by atoms with Gasteiger partial charge in [0.1, 0.15) is 0 Å². The summed E-state index contributed by atoms with van der Waals surface area (Å²) in [5, 5.41) is 26.9. The van der Waals surface area contributed by atoms with Crippen molar-refractivity contribution in [2.75, 3.05) is 25.0 Å². The number of hydrogen-bond donors (Lipinski definition) is 3. The number of piperidine rings is 1. The lowest BCUT2D eigenvalue weighted by Gasteiger charge is -2.32. The van der Waals surface area contributed by atoms with Crippen molar-refractivity contribution < 1.29 is 5.11 Å². The third kappa shape index (κ3) is 4.37. The Hall–Kier alpha value is -4.41.